The second-order valence-corrected chi connectivity index (χ2v) is 20.6. The maximum atomic E-state index is 5.80. The third-order valence-electron chi connectivity index (χ3n) is 5.04. The van der Waals surface area contributed by atoms with Gasteiger partial charge in [0, 0.05) is 0 Å². The molecule has 0 aromatic heterocycles. The number of rotatable bonds is 14. The van der Waals surface area contributed by atoms with E-state index in [1.807, 2.05) is 0 Å². The van der Waals surface area contributed by atoms with Crippen molar-refractivity contribution in [1.29, 1.82) is 0 Å². The van der Waals surface area contributed by atoms with E-state index in [0.717, 1.165) is 18.8 Å². The molecule has 24 heavy (non-hydrogen) atoms. The summed E-state index contributed by atoms with van der Waals surface area (Å²) in [6.45, 7) is 7.73. The summed E-state index contributed by atoms with van der Waals surface area (Å²) in [5.41, 5.74) is 0. The predicted molar refractivity (Wildman–Crippen MR) is 112 cm³/mol. The minimum absolute atomic E-state index is 0.669. The van der Waals surface area contributed by atoms with Gasteiger partial charge in [0.2, 0.25) is 0 Å². The van der Waals surface area contributed by atoms with Crippen molar-refractivity contribution in [2.24, 2.45) is 0 Å². The topological polar surface area (TPSA) is 9.23 Å². The van der Waals surface area contributed by atoms with Gasteiger partial charge in [-0.2, -0.15) is 0 Å². The Balaban J connectivity index is 2.92. The Kier molecular flexibility index (Phi) is 12.3. The van der Waals surface area contributed by atoms with E-state index in [2.05, 4.69) is 45.0 Å². The van der Waals surface area contributed by atoms with Gasteiger partial charge in [-0.3, -0.25) is 0 Å². The second kappa shape index (κ2) is 13.3. The summed E-state index contributed by atoms with van der Waals surface area (Å²) in [6, 6.07) is 9.23. The Bertz CT molecular complexity index is 397. The maximum absolute atomic E-state index is 5.80. The van der Waals surface area contributed by atoms with E-state index in [1.54, 1.807) is 3.58 Å². The number of ether oxygens (including phenoxy) is 1. The van der Waals surface area contributed by atoms with E-state index in [-0.39, 0.29) is 0 Å². The SMILES string of the molecule is CCC[CH2][Sn]([CH2]CCC)([CH2]CCC)[c]1ccc(OCCCCl)cc1. The zero-order valence-corrected chi connectivity index (χ0v) is 19.7. The van der Waals surface area contributed by atoms with E-state index >= 15 is 0 Å². The number of benzene rings is 1. The molecule has 3 heteroatoms. The van der Waals surface area contributed by atoms with E-state index in [1.165, 1.54) is 51.8 Å². The van der Waals surface area contributed by atoms with Crippen molar-refractivity contribution in [3.8, 4) is 5.75 Å². The first-order valence-corrected chi connectivity index (χ1v) is 18.0. The van der Waals surface area contributed by atoms with Crippen LogP contribution < -0.4 is 8.32 Å². The summed E-state index contributed by atoms with van der Waals surface area (Å²) < 4.78 is 12.1. The average molecular weight is 460 g/mol. The fourth-order valence-electron chi connectivity index (χ4n) is 3.50. The van der Waals surface area contributed by atoms with Crippen molar-refractivity contribution >= 4 is 33.6 Å². The van der Waals surface area contributed by atoms with Crippen molar-refractivity contribution < 1.29 is 4.74 Å². The molecule has 0 aliphatic rings. The molecule has 0 N–H and O–H groups in total. The molecule has 1 aromatic carbocycles. The fourth-order valence-corrected chi connectivity index (χ4v) is 19.5. The molecule has 0 aliphatic carbocycles. The first kappa shape index (κ1) is 22.2. The first-order valence-electron chi connectivity index (χ1n) is 10.0. The summed E-state index contributed by atoms with van der Waals surface area (Å²) in [5.74, 6) is 1.67. The van der Waals surface area contributed by atoms with Crippen LogP contribution in [-0.4, -0.2) is 30.9 Å². The fraction of sp³-hybridized carbons (Fsp3) is 0.714. The predicted octanol–water partition coefficient (Wildman–Crippen LogP) is 6.75. The molecule has 0 aliphatic heterocycles. The van der Waals surface area contributed by atoms with Crippen molar-refractivity contribution in [2.45, 2.75) is 79.0 Å². The van der Waals surface area contributed by atoms with Crippen LogP contribution in [0.2, 0.25) is 13.3 Å². The van der Waals surface area contributed by atoms with Crippen LogP contribution in [0, 0.1) is 0 Å². The van der Waals surface area contributed by atoms with Crippen LogP contribution in [0.4, 0.5) is 0 Å². The average Bonchev–Trinajstić information content (AvgIpc) is 2.62. The van der Waals surface area contributed by atoms with Crippen LogP contribution in [0.1, 0.15) is 65.7 Å². The molecule has 0 radical (unpaired) electrons. The number of hydrogen-bond donors (Lipinski definition) is 0. The van der Waals surface area contributed by atoms with Crippen LogP contribution in [0.3, 0.4) is 0 Å². The molecule has 0 amide bonds. The Labute approximate surface area is 159 Å². The summed E-state index contributed by atoms with van der Waals surface area (Å²) in [5, 5.41) is 0. The first-order chi connectivity index (χ1) is 11.7. The third-order valence-corrected chi connectivity index (χ3v) is 21.0. The van der Waals surface area contributed by atoms with Crippen molar-refractivity contribution in [1.82, 2.24) is 0 Å². The zero-order chi connectivity index (χ0) is 17.7. The number of halogens is 1. The summed E-state index contributed by atoms with van der Waals surface area (Å²) >= 11 is 3.47. The standard InChI is InChI=1S/C9H10ClO.3C4H9.Sn/c10-7-4-8-11-9-5-2-1-3-6-9;3*1-3-4-2;/h2-3,5-6H,4,7-8H2;3*1,3-4H2,2H3;. The molecule has 0 fully saturated rings. The molecule has 0 spiro atoms. The van der Waals surface area contributed by atoms with Crippen LogP contribution in [0.15, 0.2) is 24.3 Å². The zero-order valence-electron chi connectivity index (χ0n) is 16.1. The molecule has 1 aromatic rings. The summed E-state index contributed by atoms with van der Waals surface area (Å²) in [4.78, 5) is 0. The van der Waals surface area contributed by atoms with Crippen LogP contribution in [0.25, 0.3) is 0 Å². The van der Waals surface area contributed by atoms with Gasteiger partial charge in [-0.05, 0) is 0 Å². The molecule has 1 nitrogen and oxygen atoms in total. The molecular formula is C21H37ClOSn. The monoisotopic (exact) mass is 460 g/mol. The van der Waals surface area contributed by atoms with Gasteiger partial charge in [0.1, 0.15) is 0 Å². The quantitative estimate of drug-likeness (QED) is 0.170. The molecule has 0 saturated carbocycles. The van der Waals surface area contributed by atoms with E-state index < -0.39 is 18.4 Å². The van der Waals surface area contributed by atoms with E-state index in [9.17, 15) is 0 Å². The molecular weight excluding hydrogens is 422 g/mol. The number of alkyl halides is 1. The van der Waals surface area contributed by atoms with Crippen LogP contribution in [-0.2, 0) is 0 Å². The van der Waals surface area contributed by atoms with E-state index in [4.69, 9.17) is 16.3 Å². The van der Waals surface area contributed by atoms with Gasteiger partial charge < -0.3 is 0 Å². The van der Waals surface area contributed by atoms with Gasteiger partial charge in [0.05, 0.1) is 0 Å². The Hall–Kier alpha value is 0.109. The van der Waals surface area contributed by atoms with Crippen molar-refractivity contribution in [3.63, 3.8) is 0 Å². The normalized spacial score (nSPS) is 11.7. The minimum atomic E-state index is -2.26. The van der Waals surface area contributed by atoms with Gasteiger partial charge in [-0.15, -0.1) is 0 Å². The van der Waals surface area contributed by atoms with Gasteiger partial charge in [-0.25, -0.2) is 0 Å². The van der Waals surface area contributed by atoms with Crippen LogP contribution >= 0.6 is 11.6 Å². The van der Waals surface area contributed by atoms with Gasteiger partial charge in [0.15, 0.2) is 0 Å². The Morgan fingerprint density at radius 3 is 1.71 bits per heavy atom. The number of unbranched alkanes of at least 4 members (excludes halogenated alkanes) is 3. The summed E-state index contributed by atoms with van der Waals surface area (Å²) in [7, 11) is 0. The van der Waals surface area contributed by atoms with Gasteiger partial charge >= 0.3 is 160 Å². The molecule has 0 unspecified atom stereocenters. The molecule has 0 heterocycles. The van der Waals surface area contributed by atoms with Crippen LogP contribution in [0.5, 0.6) is 5.75 Å². The van der Waals surface area contributed by atoms with Crippen molar-refractivity contribution in [3.05, 3.63) is 24.3 Å². The molecule has 0 bridgehead atoms. The molecule has 1 rings (SSSR count). The van der Waals surface area contributed by atoms with Gasteiger partial charge in [0.25, 0.3) is 0 Å². The van der Waals surface area contributed by atoms with Gasteiger partial charge in [-0.1, -0.05) is 0 Å². The Morgan fingerprint density at radius 2 is 1.29 bits per heavy atom. The third kappa shape index (κ3) is 7.56. The summed E-state index contributed by atoms with van der Waals surface area (Å²) in [6.07, 6.45) is 9.14. The molecule has 138 valence electrons. The number of hydrogen-bond acceptors (Lipinski definition) is 1. The Morgan fingerprint density at radius 1 is 0.792 bits per heavy atom. The molecule has 0 atom stereocenters. The van der Waals surface area contributed by atoms with E-state index in [0.29, 0.717) is 5.88 Å². The molecule has 0 saturated heterocycles. The second-order valence-electron chi connectivity index (χ2n) is 7.01. The van der Waals surface area contributed by atoms with Crippen molar-refractivity contribution in [2.75, 3.05) is 12.5 Å².